The van der Waals surface area contributed by atoms with Gasteiger partial charge in [-0.1, -0.05) is 36.4 Å². The summed E-state index contributed by atoms with van der Waals surface area (Å²) in [6.45, 7) is 1.59. The molecule has 1 N–H and O–H groups in total. The van der Waals surface area contributed by atoms with Crippen molar-refractivity contribution >= 4 is 43.3 Å². The second-order valence-corrected chi connectivity index (χ2v) is 10.5. The van der Waals surface area contributed by atoms with E-state index in [0.717, 1.165) is 10.9 Å². The zero-order valence-electron chi connectivity index (χ0n) is 17.6. The summed E-state index contributed by atoms with van der Waals surface area (Å²) in [6, 6.07) is 16.4. The average Bonchev–Trinajstić information content (AvgIpc) is 3.25. The molecule has 2 amide bonds. The molecule has 9 heteroatoms. The van der Waals surface area contributed by atoms with Crippen LogP contribution in [0.2, 0.25) is 0 Å². The summed E-state index contributed by atoms with van der Waals surface area (Å²) in [5, 5.41) is 6.07. The minimum Gasteiger partial charge on any atom is -0.352 e. The van der Waals surface area contributed by atoms with Crippen LogP contribution in [0.5, 0.6) is 0 Å². The number of thiophene rings is 1. The highest BCUT2D eigenvalue weighted by molar-refractivity contribution is 7.89. The number of hydrogen-bond donors (Lipinski definition) is 1. The van der Waals surface area contributed by atoms with Crippen LogP contribution in [0.3, 0.4) is 0 Å². The predicted molar refractivity (Wildman–Crippen MR) is 125 cm³/mol. The van der Waals surface area contributed by atoms with Gasteiger partial charge in [0, 0.05) is 50.3 Å². The Morgan fingerprint density at radius 1 is 0.906 bits per heavy atom. The lowest BCUT2D eigenvalue weighted by Gasteiger charge is -2.34. The fraction of sp³-hybridized carbons (Fsp3) is 0.304. The van der Waals surface area contributed by atoms with Gasteiger partial charge in [0.2, 0.25) is 21.8 Å². The smallest absolute Gasteiger partial charge is 0.243 e. The minimum atomic E-state index is -3.55. The van der Waals surface area contributed by atoms with Gasteiger partial charge in [0.25, 0.3) is 0 Å². The summed E-state index contributed by atoms with van der Waals surface area (Å²) in [5.74, 6) is -0.295. The van der Waals surface area contributed by atoms with E-state index in [9.17, 15) is 18.0 Å². The number of nitrogens with zero attached hydrogens (tertiary/aromatic N) is 2. The van der Waals surface area contributed by atoms with Crippen molar-refractivity contribution in [2.45, 2.75) is 24.3 Å². The van der Waals surface area contributed by atoms with Gasteiger partial charge in [0.05, 0.1) is 4.90 Å². The van der Waals surface area contributed by atoms with E-state index in [1.807, 2.05) is 23.6 Å². The van der Waals surface area contributed by atoms with Crippen LogP contribution >= 0.6 is 11.3 Å². The summed E-state index contributed by atoms with van der Waals surface area (Å²) in [7, 11) is -3.55. The van der Waals surface area contributed by atoms with E-state index in [2.05, 4.69) is 11.4 Å². The fourth-order valence-corrected chi connectivity index (χ4v) is 6.16. The summed E-state index contributed by atoms with van der Waals surface area (Å²) in [4.78, 5) is 26.6. The molecule has 0 unspecified atom stereocenters. The molecule has 0 spiro atoms. The van der Waals surface area contributed by atoms with E-state index in [1.54, 1.807) is 46.6 Å². The van der Waals surface area contributed by atoms with E-state index >= 15 is 0 Å². The first-order valence-corrected chi connectivity index (χ1v) is 12.8. The zero-order valence-corrected chi connectivity index (χ0v) is 19.2. The number of amides is 2. The zero-order chi connectivity index (χ0) is 22.6. The maximum atomic E-state index is 12.7. The molecule has 0 atom stereocenters. The fourth-order valence-electron chi connectivity index (χ4n) is 3.75. The van der Waals surface area contributed by atoms with E-state index in [-0.39, 0.29) is 42.6 Å². The van der Waals surface area contributed by atoms with Gasteiger partial charge in [0.15, 0.2) is 0 Å². The second-order valence-electron chi connectivity index (χ2n) is 7.63. The molecular weight excluding hydrogens is 446 g/mol. The Bertz CT molecular complexity index is 1200. The molecule has 4 rings (SSSR count). The molecule has 168 valence electrons. The summed E-state index contributed by atoms with van der Waals surface area (Å²) >= 11 is 1.64. The van der Waals surface area contributed by atoms with Crippen molar-refractivity contribution in [1.82, 2.24) is 14.5 Å². The molecule has 7 nitrogen and oxygen atoms in total. The SMILES string of the molecule is O=C(CCC(=O)N1CCN(S(=O)(=O)c2ccccc2)CC1)NCc1csc2ccccc12. The lowest BCUT2D eigenvalue weighted by Crippen LogP contribution is -2.50. The third-order valence-electron chi connectivity index (χ3n) is 5.58. The van der Waals surface area contributed by atoms with Crippen LogP contribution in [-0.2, 0) is 26.2 Å². The van der Waals surface area contributed by atoms with E-state index in [4.69, 9.17) is 0 Å². The van der Waals surface area contributed by atoms with Crippen molar-refractivity contribution in [2.24, 2.45) is 0 Å². The van der Waals surface area contributed by atoms with Crippen molar-refractivity contribution in [3.8, 4) is 0 Å². The normalized spacial score (nSPS) is 15.1. The average molecular weight is 472 g/mol. The standard InChI is InChI=1S/C23H25N3O4S2/c27-22(24-16-18-17-31-21-9-5-4-8-20(18)21)10-11-23(28)25-12-14-26(15-13-25)32(29,30)19-6-2-1-3-7-19/h1-9,17H,10-16H2,(H,24,27). The van der Waals surface area contributed by atoms with Crippen molar-refractivity contribution in [3.63, 3.8) is 0 Å². The van der Waals surface area contributed by atoms with Crippen molar-refractivity contribution in [2.75, 3.05) is 26.2 Å². The first kappa shape index (κ1) is 22.4. The van der Waals surface area contributed by atoms with Crippen LogP contribution in [0.15, 0.2) is 64.9 Å². The lowest BCUT2D eigenvalue weighted by molar-refractivity contribution is -0.134. The van der Waals surface area contributed by atoms with Gasteiger partial charge in [-0.05, 0) is 34.5 Å². The van der Waals surface area contributed by atoms with Crippen LogP contribution < -0.4 is 5.32 Å². The number of sulfonamides is 1. The number of hydrogen-bond acceptors (Lipinski definition) is 5. The molecule has 3 aromatic rings. The first-order valence-electron chi connectivity index (χ1n) is 10.5. The molecule has 2 aromatic carbocycles. The van der Waals surface area contributed by atoms with Gasteiger partial charge in [-0.3, -0.25) is 9.59 Å². The predicted octanol–water partition coefficient (Wildman–Crippen LogP) is 2.83. The lowest BCUT2D eigenvalue weighted by atomic mass is 10.2. The molecule has 0 aliphatic carbocycles. The van der Waals surface area contributed by atoms with Crippen molar-refractivity contribution in [3.05, 3.63) is 65.5 Å². The van der Waals surface area contributed by atoms with Gasteiger partial charge < -0.3 is 10.2 Å². The minimum absolute atomic E-state index is 0.113. The molecular formula is C23H25N3O4S2. The maximum absolute atomic E-state index is 12.7. The Labute approximate surface area is 191 Å². The van der Waals surface area contributed by atoms with Crippen LogP contribution in [0.4, 0.5) is 0 Å². The highest BCUT2D eigenvalue weighted by Gasteiger charge is 2.29. The molecule has 2 heterocycles. The third-order valence-corrected chi connectivity index (χ3v) is 8.50. The van der Waals surface area contributed by atoms with E-state index in [1.165, 1.54) is 9.01 Å². The van der Waals surface area contributed by atoms with E-state index in [0.29, 0.717) is 19.6 Å². The molecule has 1 aromatic heterocycles. The molecule has 0 saturated carbocycles. The topological polar surface area (TPSA) is 86.8 Å². The third kappa shape index (κ3) is 5.01. The van der Waals surface area contributed by atoms with Crippen LogP contribution in [0.1, 0.15) is 18.4 Å². The Balaban J connectivity index is 1.22. The molecule has 1 aliphatic rings. The molecule has 32 heavy (non-hydrogen) atoms. The molecule has 1 saturated heterocycles. The molecule has 0 radical (unpaired) electrons. The summed E-state index contributed by atoms with van der Waals surface area (Å²) in [5.41, 5.74) is 1.07. The Kier molecular flexibility index (Phi) is 6.88. The number of carbonyl (C=O) groups excluding carboxylic acids is 2. The van der Waals surface area contributed by atoms with Gasteiger partial charge in [0.1, 0.15) is 0 Å². The number of piperazine rings is 1. The van der Waals surface area contributed by atoms with Crippen LogP contribution in [-0.4, -0.2) is 55.6 Å². The number of benzene rings is 2. The monoisotopic (exact) mass is 471 g/mol. The summed E-state index contributed by atoms with van der Waals surface area (Å²) in [6.07, 6.45) is 0.227. The Morgan fingerprint density at radius 3 is 2.34 bits per heavy atom. The molecule has 0 bridgehead atoms. The number of nitrogens with one attached hydrogen (secondary N) is 1. The van der Waals surface area contributed by atoms with Crippen molar-refractivity contribution < 1.29 is 18.0 Å². The Morgan fingerprint density at radius 2 is 1.59 bits per heavy atom. The summed E-state index contributed by atoms with van der Waals surface area (Å²) < 4.78 is 28.0. The van der Waals surface area contributed by atoms with Gasteiger partial charge >= 0.3 is 0 Å². The molecule has 1 fully saturated rings. The highest BCUT2D eigenvalue weighted by Crippen LogP contribution is 2.25. The maximum Gasteiger partial charge on any atom is 0.243 e. The van der Waals surface area contributed by atoms with Crippen LogP contribution in [0.25, 0.3) is 10.1 Å². The van der Waals surface area contributed by atoms with Gasteiger partial charge in [-0.25, -0.2) is 8.42 Å². The van der Waals surface area contributed by atoms with E-state index < -0.39 is 10.0 Å². The number of carbonyl (C=O) groups is 2. The Hall–Kier alpha value is -2.75. The largest absolute Gasteiger partial charge is 0.352 e. The van der Waals surface area contributed by atoms with Gasteiger partial charge in [-0.2, -0.15) is 4.31 Å². The second kappa shape index (κ2) is 9.81. The van der Waals surface area contributed by atoms with Crippen LogP contribution in [0, 0.1) is 0 Å². The first-order chi connectivity index (χ1) is 15.4. The quantitative estimate of drug-likeness (QED) is 0.574. The molecule has 1 aliphatic heterocycles. The number of rotatable bonds is 7. The van der Waals surface area contributed by atoms with Gasteiger partial charge in [-0.15, -0.1) is 11.3 Å². The highest BCUT2D eigenvalue weighted by atomic mass is 32.2. The van der Waals surface area contributed by atoms with Crippen molar-refractivity contribution in [1.29, 1.82) is 0 Å². The number of fused-ring (bicyclic) bond motifs is 1.